The van der Waals surface area contributed by atoms with Gasteiger partial charge in [0.25, 0.3) is 5.91 Å². The van der Waals surface area contributed by atoms with Gasteiger partial charge in [0.15, 0.2) is 0 Å². The Kier molecular flexibility index (Phi) is 4.69. The van der Waals surface area contributed by atoms with Crippen LogP contribution in [0.15, 0.2) is 18.3 Å². The molecule has 1 aliphatic rings. The molecule has 0 aliphatic carbocycles. The van der Waals surface area contributed by atoms with Gasteiger partial charge in [0.05, 0.1) is 19.3 Å². The molecule has 1 saturated heterocycles. The van der Waals surface area contributed by atoms with Gasteiger partial charge in [-0.3, -0.25) is 9.78 Å². The van der Waals surface area contributed by atoms with Crippen LogP contribution in [0.4, 0.5) is 0 Å². The minimum atomic E-state index is -0.759. The van der Waals surface area contributed by atoms with Gasteiger partial charge in [0.2, 0.25) is 0 Å². The first-order valence-electron chi connectivity index (χ1n) is 6.53. The lowest BCUT2D eigenvalue weighted by Crippen LogP contribution is -2.56. The van der Waals surface area contributed by atoms with Crippen LogP contribution in [0.5, 0.6) is 0 Å². The van der Waals surface area contributed by atoms with Crippen molar-refractivity contribution in [3.8, 4) is 0 Å². The van der Waals surface area contributed by atoms with Crippen molar-refractivity contribution in [1.29, 1.82) is 0 Å². The second-order valence-corrected chi connectivity index (χ2v) is 4.97. The number of aryl methyl sites for hydroxylation is 1. The molecule has 110 valence electrons. The Morgan fingerprint density at radius 3 is 2.95 bits per heavy atom. The fraction of sp³-hybridized carbons (Fsp3) is 0.571. The first-order valence-corrected chi connectivity index (χ1v) is 6.53. The second kappa shape index (κ2) is 6.30. The molecule has 6 heteroatoms. The third-order valence-electron chi connectivity index (χ3n) is 3.61. The monoisotopic (exact) mass is 280 g/mol. The lowest BCUT2D eigenvalue weighted by atomic mass is 10.0. The molecule has 1 fully saturated rings. The number of aliphatic hydroxyl groups is 1. The van der Waals surface area contributed by atoms with Gasteiger partial charge >= 0.3 is 0 Å². The van der Waals surface area contributed by atoms with Crippen molar-refractivity contribution in [1.82, 2.24) is 9.88 Å². The molecule has 1 aliphatic heterocycles. The van der Waals surface area contributed by atoms with E-state index in [9.17, 15) is 9.90 Å². The predicted octanol–water partition coefficient (Wildman–Crippen LogP) is 0.237. The van der Waals surface area contributed by atoms with Gasteiger partial charge in [0, 0.05) is 31.6 Å². The van der Waals surface area contributed by atoms with E-state index in [1.807, 2.05) is 6.92 Å². The van der Waals surface area contributed by atoms with Crippen molar-refractivity contribution in [3.63, 3.8) is 0 Å². The van der Waals surface area contributed by atoms with Crippen LogP contribution in [-0.4, -0.2) is 66.5 Å². The van der Waals surface area contributed by atoms with Gasteiger partial charge in [-0.25, -0.2) is 0 Å². The fourth-order valence-corrected chi connectivity index (χ4v) is 2.33. The van der Waals surface area contributed by atoms with E-state index in [4.69, 9.17) is 9.47 Å². The maximum atomic E-state index is 12.4. The molecule has 6 nitrogen and oxygen atoms in total. The summed E-state index contributed by atoms with van der Waals surface area (Å²) in [4.78, 5) is 18.0. The van der Waals surface area contributed by atoms with E-state index in [0.717, 1.165) is 5.69 Å². The van der Waals surface area contributed by atoms with E-state index in [0.29, 0.717) is 18.8 Å². The van der Waals surface area contributed by atoms with Crippen LogP contribution < -0.4 is 0 Å². The lowest BCUT2D eigenvalue weighted by molar-refractivity contribution is -0.135. The third-order valence-corrected chi connectivity index (χ3v) is 3.61. The van der Waals surface area contributed by atoms with Gasteiger partial charge in [-0.1, -0.05) is 0 Å². The Balaban J connectivity index is 2.13. The highest BCUT2D eigenvalue weighted by Crippen LogP contribution is 2.18. The normalized spacial score (nSPS) is 26.3. The van der Waals surface area contributed by atoms with Crippen LogP contribution in [0.1, 0.15) is 16.1 Å². The number of aromatic nitrogens is 1. The van der Waals surface area contributed by atoms with E-state index in [2.05, 4.69) is 4.98 Å². The molecule has 1 aromatic heterocycles. The van der Waals surface area contributed by atoms with E-state index < -0.39 is 18.2 Å². The first kappa shape index (κ1) is 14.9. The number of methoxy groups -OCH3 is 1. The van der Waals surface area contributed by atoms with Crippen molar-refractivity contribution in [2.45, 2.75) is 25.2 Å². The number of hydrogen-bond donors (Lipinski definition) is 1. The molecule has 0 bridgehead atoms. The van der Waals surface area contributed by atoms with Crippen LogP contribution in [-0.2, 0) is 9.47 Å². The average Bonchev–Trinajstić information content (AvgIpc) is 2.46. The molecule has 0 aromatic carbocycles. The number of ether oxygens (including phenoxy) is 2. The molecule has 0 spiro atoms. The first-order chi connectivity index (χ1) is 9.54. The molecule has 20 heavy (non-hydrogen) atoms. The largest absolute Gasteiger partial charge is 0.388 e. The summed E-state index contributed by atoms with van der Waals surface area (Å²) in [6.45, 7) is 2.47. The van der Waals surface area contributed by atoms with Crippen molar-refractivity contribution in [3.05, 3.63) is 29.6 Å². The average molecular weight is 280 g/mol. The Morgan fingerprint density at radius 1 is 1.55 bits per heavy atom. The molecule has 0 radical (unpaired) electrons. The smallest absolute Gasteiger partial charge is 0.254 e. The third kappa shape index (κ3) is 2.98. The van der Waals surface area contributed by atoms with E-state index >= 15 is 0 Å². The summed E-state index contributed by atoms with van der Waals surface area (Å²) in [6, 6.07) is 2.97. The number of hydrogen-bond acceptors (Lipinski definition) is 5. The molecule has 0 saturated carbocycles. The number of likely N-dealkylation sites (N-methyl/N-ethyl adjacent to an activating group) is 1. The maximum Gasteiger partial charge on any atom is 0.254 e. The van der Waals surface area contributed by atoms with E-state index in [1.54, 1.807) is 25.4 Å². The number of pyridine rings is 1. The second-order valence-electron chi connectivity index (χ2n) is 4.97. The molecule has 3 atom stereocenters. The van der Waals surface area contributed by atoms with Gasteiger partial charge < -0.3 is 19.5 Å². The summed E-state index contributed by atoms with van der Waals surface area (Å²) in [5.41, 5.74) is 1.33. The lowest BCUT2D eigenvalue weighted by Gasteiger charge is -2.38. The topological polar surface area (TPSA) is 71.9 Å². The predicted molar refractivity (Wildman–Crippen MR) is 72.5 cm³/mol. The van der Waals surface area contributed by atoms with Crippen molar-refractivity contribution in [2.75, 3.05) is 27.4 Å². The van der Waals surface area contributed by atoms with Crippen LogP contribution in [0.25, 0.3) is 0 Å². The zero-order valence-electron chi connectivity index (χ0n) is 11.9. The highest BCUT2D eigenvalue weighted by molar-refractivity contribution is 5.94. The maximum absolute atomic E-state index is 12.4. The zero-order chi connectivity index (χ0) is 14.7. The number of rotatable bonds is 3. The van der Waals surface area contributed by atoms with Crippen molar-refractivity contribution in [2.24, 2.45) is 0 Å². The quantitative estimate of drug-likeness (QED) is 0.858. The van der Waals surface area contributed by atoms with Gasteiger partial charge in [-0.15, -0.1) is 0 Å². The molecule has 2 rings (SSSR count). The number of nitrogens with zero attached hydrogens (tertiary/aromatic N) is 2. The van der Waals surface area contributed by atoms with Gasteiger partial charge in [-0.05, 0) is 19.1 Å². The number of aliphatic hydroxyl groups excluding tert-OH is 1. The minimum Gasteiger partial charge on any atom is -0.388 e. The molecule has 1 amide bonds. The van der Waals surface area contributed by atoms with Crippen molar-refractivity contribution < 1.29 is 19.4 Å². The van der Waals surface area contributed by atoms with E-state index in [-0.39, 0.29) is 5.91 Å². The fourth-order valence-electron chi connectivity index (χ4n) is 2.33. The summed E-state index contributed by atoms with van der Waals surface area (Å²) < 4.78 is 10.6. The SMILES string of the molecule is CO[C@@H]1COC[C@@H](N(C)C(=O)c2ccnc(C)c2)[C@@H]1O. The zero-order valence-corrected chi connectivity index (χ0v) is 11.9. The molecule has 2 heterocycles. The van der Waals surface area contributed by atoms with Crippen molar-refractivity contribution >= 4 is 5.91 Å². The molecular weight excluding hydrogens is 260 g/mol. The summed E-state index contributed by atoms with van der Waals surface area (Å²) in [5.74, 6) is -0.167. The molecule has 0 unspecified atom stereocenters. The Labute approximate surface area is 118 Å². The van der Waals surface area contributed by atoms with Crippen LogP contribution >= 0.6 is 0 Å². The molecular formula is C14H20N2O4. The number of carbonyl (C=O) groups excluding carboxylic acids is 1. The minimum absolute atomic E-state index is 0.167. The Bertz CT molecular complexity index is 480. The number of amides is 1. The molecule has 1 N–H and O–H groups in total. The van der Waals surface area contributed by atoms with Gasteiger partial charge in [0.1, 0.15) is 12.2 Å². The summed E-state index contributed by atoms with van der Waals surface area (Å²) in [6.07, 6.45) is 0.427. The van der Waals surface area contributed by atoms with Gasteiger partial charge in [-0.2, -0.15) is 0 Å². The summed E-state index contributed by atoms with van der Waals surface area (Å²) in [5, 5.41) is 10.2. The van der Waals surface area contributed by atoms with Crippen LogP contribution in [0, 0.1) is 6.92 Å². The van der Waals surface area contributed by atoms with E-state index in [1.165, 1.54) is 12.0 Å². The molecule has 1 aromatic rings. The highest BCUT2D eigenvalue weighted by Gasteiger charge is 2.37. The van der Waals surface area contributed by atoms with Crippen LogP contribution in [0.2, 0.25) is 0 Å². The Hall–Kier alpha value is -1.50. The Morgan fingerprint density at radius 2 is 2.30 bits per heavy atom. The summed E-state index contributed by atoms with van der Waals surface area (Å²) in [7, 11) is 3.18. The number of carbonyl (C=O) groups is 1. The highest BCUT2D eigenvalue weighted by atomic mass is 16.5. The van der Waals surface area contributed by atoms with Crippen LogP contribution in [0.3, 0.4) is 0 Å². The summed E-state index contributed by atoms with van der Waals surface area (Å²) >= 11 is 0. The standard InChI is InChI=1S/C14H20N2O4/c1-9-6-10(4-5-15-9)14(18)16(2)11-7-20-8-12(19-3)13(11)17/h4-6,11-13,17H,7-8H2,1-3H3/t11-,12-,13+/m1/s1.